The molecule has 2 unspecified atom stereocenters. The van der Waals surface area contributed by atoms with Crippen molar-refractivity contribution in [3.63, 3.8) is 0 Å². The van der Waals surface area contributed by atoms with Gasteiger partial charge in [-0.2, -0.15) is 0 Å². The summed E-state index contributed by atoms with van der Waals surface area (Å²) in [5.74, 6) is -1.10. The SMILES string of the molecule is CC(C)(C)c1nc(C(=O)NC2CCCCC2C(=O)O)n[nH]1. The van der Waals surface area contributed by atoms with Crippen LogP contribution in [-0.4, -0.2) is 38.2 Å². The second-order valence-electron chi connectivity index (χ2n) is 6.57. The summed E-state index contributed by atoms with van der Waals surface area (Å²) in [7, 11) is 0. The number of H-pyrrole nitrogens is 1. The second kappa shape index (κ2) is 5.83. The van der Waals surface area contributed by atoms with Gasteiger partial charge in [0.25, 0.3) is 5.91 Å². The van der Waals surface area contributed by atoms with Crippen LogP contribution in [0.15, 0.2) is 0 Å². The third-order valence-electron chi connectivity index (χ3n) is 3.80. The number of hydrogen-bond acceptors (Lipinski definition) is 4. The van der Waals surface area contributed by atoms with Gasteiger partial charge in [0.05, 0.1) is 5.92 Å². The lowest BCUT2D eigenvalue weighted by molar-refractivity contribution is -0.143. The number of aromatic nitrogens is 3. The lowest BCUT2D eigenvalue weighted by Crippen LogP contribution is -2.45. The minimum atomic E-state index is -0.856. The van der Waals surface area contributed by atoms with Crippen LogP contribution < -0.4 is 5.32 Å². The molecule has 0 radical (unpaired) electrons. The third kappa shape index (κ3) is 3.59. The molecule has 7 nitrogen and oxygen atoms in total. The van der Waals surface area contributed by atoms with Crippen LogP contribution in [0.25, 0.3) is 0 Å². The van der Waals surface area contributed by atoms with Gasteiger partial charge in [0.1, 0.15) is 5.82 Å². The second-order valence-corrected chi connectivity index (χ2v) is 6.57. The Morgan fingerprint density at radius 3 is 2.52 bits per heavy atom. The molecule has 1 aliphatic rings. The first kappa shape index (κ1) is 15.5. The quantitative estimate of drug-likeness (QED) is 0.782. The van der Waals surface area contributed by atoms with Gasteiger partial charge < -0.3 is 10.4 Å². The van der Waals surface area contributed by atoms with Gasteiger partial charge in [0.2, 0.25) is 5.82 Å². The summed E-state index contributed by atoms with van der Waals surface area (Å²) in [6, 6.07) is -0.347. The number of aromatic amines is 1. The molecule has 1 saturated carbocycles. The summed E-state index contributed by atoms with van der Waals surface area (Å²) >= 11 is 0. The van der Waals surface area contributed by atoms with Crippen molar-refractivity contribution >= 4 is 11.9 Å². The first-order valence-electron chi connectivity index (χ1n) is 7.25. The number of nitrogens with zero attached hydrogens (tertiary/aromatic N) is 2. The van der Waals surface area contributed by atoms with Crippen LogP contribution in [0.3, 0.4) is 0 Å². The number of carboxylic acid groups (broad SMARTS) is 1. The van der Waals surface area contributed by atoms with Crippen molar-refractivity contribution in [1.82, 2.24) is 20.5 Å². The van der Waals surface area contributed by atoms with Crippen molar-refractivity contribution in [2.24, 2.45) is 5.92 Å². The van der Waals surface area contributed by atoms with Gasteiger partial charge in [-0.1, -0.05) is 33.6 Å². The standard InChI is InChI=1S/C14H22N4O3/c1-14(2,3)13-16-10(17-18-13)11(19)15-9-7-5-4-6-8(9)12(20)21/h8-9H,4-7H2,1-3H3,(H,15,19)(H,20,21)(H,16,17,18). The van der Waals surface area contributed by atoms with E-state index in [2.05, 4.69) is 20.5 Å². The Morgan fingerprint density at radius 2 is 1.95 bits per heavy atom. The van der Waals surface area contributed by atoms with E-state index in [1.54, 1.807) is 0 Å². The molecule has 0 saturated heterocycles. The van der Waals surface area contributed by atoms with Crippen molar-refractivity contribution in [3.05, 3.63) is 11.6 Å². The van der Waals surface area contributed by atoms with Gasteiger partial charge in [0.15, 0.2) is 0 Å². The van der Waals surface area contributed by atoms with Crippen LogP contribution in [0.2, 0.25) is 0 Å². The summed E-state index contributed by atoms with van der Waals surface area (Å²) in [6.07, 6.45) is 3.09. The Hall–Kier alpha value is -1.92. The Labute approximate surface area is 123 Å². The molecule has 0 bridgehead atoms. The molecule has 1 aromatic rings. The Balaban J connectivity index is 2.06. The summed E-state index contributed by atoms with van der Waals surface area (Å²) in [6.45, 7) is 5.91. The molecule has 21 heavy (non-hydrogen) atoms. The van der Waals surface area contributed by atoms with Crippen molar-refractivity contribution in [3.8, 4) is 0 Å². The maximum Gasteiger partial charge on any atom is 0.308 e. The van der Waals surface area contributed by atoms with Crippen LogP contribution in [0.5, 0.6) is 0 Å². The molecule has 0 aromatic carbocycles. The molecule has 1 aromatic heterocycles. The number of aliphatic carboxylic acids is 1. The minimum absolute atomic E-state index is 0.0645. The van der Waals surface area contributed by atoms with Crippen LogP contribution in [-0.2, 0) is 10.2 Å². The molecule has 0 spiro atoms. The monoisotopic (exact) mass is 294 g/mol. The molecule has 1 amide bonds. The highest BCUT2D eigenvalue weighted by molar-refractivity contribution is 5.91. The maximum atomic E-state index is 12.2. The van der Waals surface area contributed by atoms with Crippen molar-refractivity contribution in [1.29, 1.82) is 0 Å². The third-order valence-corrected chi connectivity index (χ3v) is 3.80. The highest BCUT2D eigenvalue weighted by Crippen LogP contribution is 2.25. The van der Waals surface area contributed by atoms with Gasteiger partial charge in [-0.3, -0.25) is 14.7 Å². The number of hydrogen-bond donors (Lipinski definition) is 3. The first-order chi connectivity index (χ1) is 9.79. The van der Waals surface area contributed by atoms with Gasteiger partial charge in [0, 0.05) is 11.5 Å². The Morgan fingerprint density at radius 1 is 1.29 bits per heavy atom. The summed E-state index contributed by atoms with van der Waals surface area (Å²) in [4.78, 5) is 27.6. The first-order valence-corrected chi connectivity index (χ1v) is 7.25. The number of carbonyl (C=O) groups excluding carboxylic acids is 1. The van der Waals surface area contributed by atoms with Gasteiger partial charge >= 0.3 is 5.97 Å². The minimum Gasteiger partial charge on any atom is -0.481 e. The fourth-order valence-electron chi connectivity index (χ4n) is 2.53. The van der Waals surface area contributed by atoms with Crippen LogP contribution >= 0.6 is 0 Å². The number of amides is 1. The molecule has 116 valence electrons. The fraction of sp³-hybridized carbons (Fsp3) is 0.714. The van der Waals surface area contributed by atoms with Crippen LogP contribution in [0, 0.1) is 5.92 Å². The Bertz CT molecular complexity index is 533. The lowest BCUT2D eigenvalue weighted by atomic mass is 9.84. The molecule has 2 rings (SSSR count). The normalized spacial score (nSPS) is 22.8. The molecule has 7 heteroatoms. The predicted octanol–water partition coefficient (Wildman–Crippen LogP) is 1.48. The van der Waals surface area contributed by atoms with Crippen molar-refractivity contribution in [2.45, 2.75) is 57.9 Å². The average Bonchev–Trinajstić information content (AvgIpc) is 2.88. The number of carbonyl (C=O) groups is 2. The molecule has 1 heterocycles. The molecule has 1 aliphatic carbocycles. The maximum absolute atomic E-state index is 12.2. The van der Waals surface area contributed by atoms with E-state index in [1.807, 2.05) is 20.8 Å². The smallest absolute Gasteiger partial charge is 0.308 e. The molecule has 3 N–H and O–H groups in total. The average molecular weight is 294 g/mol. The highest BCUT2D eigenvalue weighted by Gasteiger charge is 2.33. The van der Waals surface area contributed by atoms with Gasteiger partial charge in [-0.25, -0.2) is 4.98 Å². The van der Waals surface area contributed by atoms with E-state index < -0.39 is 17.8 Å². The number of rotatable bonds is 3. The van der Waals surface area contributed by atoms with E-state index in [9.17, 15) is 14.7 Å². The fourth-order valence-corrected chi connectivity index (χ4v) is 2.53. The summed E-state index contributed by atoms with van der Waals surface area (Å²) < 4.78 is 0. The van der Waals surface area contributed by atoms with Crippen LogP contribution in [0.4, 0.5) is 0 Å². The topological polar surface area (TPSA) is 108 Å². The zero-order valence-electron chi connectivity index (χ0n) is 12.6. The largest absolute Gasteiger partial charge is 0.481 e. The van der Waals surface area contributed by atoms with Crippen LogP contribution in [0.1, 0.15) is 62.9 Å². The van der Waals surface area contributed by atoms with E-state index in [-0.39, 0.29) is 17.3 Å². The zero-order valence-corrected chi connectivity index (χ0v) is 12.6. The van der Waals surface area contributed by atoms with Gasteiger partial charge in [-0.05, 0) is 12.8 Å². The number of carboxylic acids is 1. The molecular weight excluding hydrogens is 272 g/mol. The number of nitrogens with one attached hydrogen (secondary N) is 2. The van der Waals surface area contributed by atoms with E-state index in [1.165, 1.54) is 0 Å². The van der Waals surface area contributed by atoms with Crippen molar-refractivity contribution in [2.75, 3.05) is 0 Å². The van der Waals surface area contributed by atoms with Gasteiger partial charge in [-0.15, -0.1) is 5.10 Å². The van der Waals surface area contributed by atoms with E-state index in [0.717, 1.165) is 12.8 Å². The lowest BCUT2D eigenvalue weighted by Gasteiger charge is -2.28. The van der Waals surface area contributed by atoms with E-state index >= 15 is 0 Å². The van der Waals surface area contributed by atoms with Crippen molar-refractivity contribution < 1.29 is 14.7 Å². The zero-order chi connectivity index (χ0) is 15.6. The van der Waals surface area contributed by atoms with E-state index in [4.69, 9.17) is 0 Å². The molecule has 0 aliphatic heterocycles. The molecule has 1 fully saturated rings. The molecular formula is C14H22N4O3. The molecule has 2 atom stereocenters. The Kier molecular flexibility index (Phi) is 4.29. The highest BCUT2D eigenvalue weighted by atomic mass is 16.4. The van der Waals surface area contributed by atoms with E-state index in [0.29, 0.717) is 18.7 Å². The predicted molar refractivity (Wildman–Crippen MR) is 75.9 cm³/mol. The summed E-state index contributed by atoms with van der Waals surface area (Å²) in [5.41, 5.74) is -0.222. The summed E-state index contributed by atoms with van der Waals surface area (Å²) in [5, 5.41) is 18.7.